The average molecular weight is 379 g/mol. The predicted molar refractivity (Wildman–Crippen MR) is 110 cm³/mol. The van der Waals surface area contributed by atoms with E-state index in [1.54, 1.807) is 14.2 Å². The minimum Gasteiger partial charge on any atom is -0.497 e. The molecular formula is C22H25N3O3. The van der Waals surface area contributed by atoms with Crippen molar-refractivity contribution in [1.29, 1.82) is 0 Å². The molecule has 6 nitrogen and oxygen atoms in total. The summed E-state index contributed by atoms with van der Waals surface area (Å²) >= 11 is 0. The molecule has 6 heteroatoms. The first-order valence-corrected chi connectivity index (χ1v) is 9.14. The number of benzene rings is 2. The highest BCUT2D eigenvalue weighted by Gasteiger charge is 2.12. The van der Waals surface area contributed by atoms with E-state index in [-0.39, 0.29) is 5.91 Å². The third-order valence-electron chi connectivity index (χ3n) is 4.47. The molecule has 0 bridgehead atoms. The van der Waals surface area contributed by atoms with Crippen LogP contribution in [0.1, 0.15) is 23.4 Å². The van der Waals surface area contributed by atoms with Crippen LogP contribution in [0.25, 0.3) is 5.69 Å². The molecule has 0 atom stereocenters. The summed E-state index contributed by atoms with van der Waals surface area (Å²) in [5, 5.41) is 7.53. The molecule has 0 aliphatic heterocycles. The van der Waals surface area contributed by atoms with Gasteiger partial charge in [0.25, 0.3) is 0 Å². The zero-order valence-corrected chi connectivity index (χ0v) is 16.7. The number of rotatable bonds is 7. The van der Waals surface area contributed by atoms with E-state index >= 15 is 0 Å². The summed E-state index contributed by atoms with van der Waals surface area (Å²) in [4.78, 5) is 12.6. The number of aryl methyl sites for hydroxylation is 3. The first kappa shape index (κ1) is 19.5. The number of nitrogens with zero attached hydrogens (tertiary/aromatic N) is 2. The molecule has 3 aromatic rings. The smallest absolute Gasteiger partial charge is 0.224 e. The molecule has 28 heavy (non-hydrogen) atoms. The maximum Gasteiger partial charge on any atom is 0.224 e. The van der Waals surface area contributed by atoms with Crippen molar-refractivity contribution in [2.24, 2.45) is 0 Å². The number of anilines is 1. The second-order valence-corrected chi connectivity index (χ2v) is 6.63. The average Bonchev–Trinajstić information content (AvgIpc) is 3.04. The highest BCUT2D eigenvalue weighted by molar-refractivity contribution is 5.93. The predicted octanol–water partition coefficient (Wildman–Crippen LogP) is 4.08. The molecule has 0 aliphatic carbocycles. The Morgan fingerprint density at radius 3 is 2.32 bits per heavy atom. The molecule has 0 aliphatic rings. The Kier molecular flexibility index (Phi) is 5.99. The van der Waals surface area contributed by atoms with Gasteiger partial charge in [0.1, 0.15) is 11.5 Å². The van der Waals surface area contributed by atoms with Gasteiger partial charge in [-0.2, -0.15) is 5.10 Å². The van der Waals surface area contributed by atoms with Crippen LogP contribution < -0.4 is 14.8 Å². The van der Waals surface area contributed by atoms with Crippen LogP contribution >= 0.6 is 0 Å². The molecule has 1 heterocycles. The molecule has 0 saturated carbocycles. The molecule has 146 valence electrons. The lowest BCUT2D eigenvalue weighted by molar-refractivity contribution is -0.116. The number of para-hydroxylation sites is 2. The monoisotopic (exact) mass is 379 g/mol. The van der Waals surface area contributed by atoms with E-state index in [0.717, 1.165) is 28.3 Å². The van der Waals surface area contributed by atoms with E-state index in [1.807, 2.05) is 67.1 Å². The van der Waals surface area contributed by atoms with Gasteiger partial charge < -0.3 is 14.8 Å². The second-order valence-electron chi connectivity index (χ2n) is 6.63. The normalized spacial score (nSPS) is 10.6. The Labute approximate surface area is 165 Å². The van der Waals surface area contributed by atoms with Crippen LogP contribution in [0.15, 0.2) is 48.5 Å². The maximum atomic E-state index is 12.6. The standard InChI is InChI=1S/C22H25N3O3/c1-15-11-16(2)25(24-15)21-8-6-5-7-20(21)23-22(26)10-9-17-12-18(27-3)14-19(13-17)28-4/h5-8,11-14H,9-10H2,1-4H3,(H,23,26). The number of nitrogens with one attached hydrogen (secondary N) is 1. The molecular weight excluding hydrogens is 354 g/mol. The maximum absolute atomic E-state index is 12.6. The molecule has 0 unspecified atom stereocenters. The summed E-state index contributed by atoms with van der Waals surface area (Å²) in [7, 11) is 3.22. The van der Waals surface area contributed by atoms with Crippen molar-refractivity contribution < 1.29 is 14.3 Å². The SMILES string of the molecule is COc1cc(CCC(=O)Nc2ccccc2-n2nc(C)cc2C)cc(OC)c1. The van der Waals surface area contributed by atoms with Crippen molar-refractivity contribution >= 4 is 11.6 Å². The third-order valence-corrected chi connectivity index (χ3v) is 4.47. The van der Waals surface area contributed by atoms with E-state index in [2.05, 4.69) is 10.4 Å². The van der Waals surface area contributed by atoms with Crippen LogP contribution in [0.2, 0.25) is 0 Å². The Hall–Kier alpha value is -3.28. The van der Waals surface area contributed by atoms with E-state index in [1.165, 1.54) is 0 Å². The first-order valence-electron chi connectivity index (χ1n) is 9.14. The van der Waals surface area contributed by atoms with Crippen molar-refractivity contribution in [3.63, 3.8) is 0 Å². The number of aromatic nitrogens is 2. The topological polar surface area (TPSA) is 65.4 Å². The van der Waals surface area contributed by atoms with Gasteiger partial charge in [-0.05, 0) is 56.2 Å². The summed E-state index contributed by atoms with van der Waals surface area (Å²) in [6.07, 6.45) is 0.934. The minimum absolute atomic E-state index is 0.0595. The lowest BCUT2D eigenvalue weighted by atomic mass is 10.1. The Morgan fingerprint density at radius 2 is 1.71 bits per heavy atom. The lowest BCUT2D eigenvalue weighted by Crippen LogP contribution is -2.15. The van der Waals surface area contributed by atoms with Crippen LogP contribution in [0.4, 0.5) is 5.69 Å². The Balaban J connectivity index is 1.72. The fourth-order valence-corrected chi connectivity index (χ4v) is 3.12. The van der Waals surface area contributed by atoms with Crippen molar-refractivity contribution in [3.8, 4) is 17.2 Å². The van der Waals surface area contributed by atoms with Crippen molar-refractivity contribution in [3.05, 3.63) is 65.5 Å². The zero-order valence-electron chi connectivity index (χ0n) is 16.7. The molecule has 3 rings (SSSR count). The van der Waals surface area contributed by atoms with Crippen LogP contribution in [0, 0.1) is 13.8 Å². The highest BCUT2D eigenvalue weighted by atomic mass is 16.5. The Bertz CT molecular complexity index is 957. The molecule has 1 aromatic heterocycles. The van der Waals surface area contributed by atoms with Crippen LogP contribution in [0.3, 0.4) is 0 Å². The first-order chi connectivity index (χ1) is 13.5. The molecule has 0 saturated heterocycles. The number of methoxy groups -OCH3 is 2. The van der Waals surface area contributed by atoms with Crippen LogP contribution in [-0.4, -0.2) is 29.9 Å². The van der Waals surface area contributed by atoms with Gasteiger partial charge in [-0.15, -0.1) is 0 Å². The van der Waals surface area contributed by atoms with Gasteiger partial charge in [0, 0.05) is 18.2 Å². The summed E-state index contributed by atoms with van der Waals surface area (Å²) in [5.41, 5.74) is 4.53. The summed E-state index contributed by atoms with van der Waals surface area (Å²) in [5.74, 6) is 1.37. The quantitative estimate of drug-likeness (QED) is 0.672. The van der Waals surface area contributed by atoms with Crippen molar-refractivity contribution in [2.75, 3.05) is 19.5 Å². The molecule has 1 N–H and O–H groups in total. The van der Waals surface area contributed by atoms with E-state index in [4.69, 9.17) is 9.47 Å². The van der Waals surface area contributed by atoms with E-state index < -0.39 is 0 Å². The van der Waals surface area contributed by atoms with Crippen molar-refractivity contribution in [1.82, 2.24) is 9.78 Å². The number of carbonyl (C=O) groups excluding carboxylic acids is 1. The van der Waals surface area contributed by atoms with E-state index in [9.17, 15) is 4.79 Å². The van der Waals surface area contributed by atoms with Gasteiger partial charge in [-0.3, -0.25) is 4.79 Å². The van der Waals surface area contributed by atoms with Gasteiger partial charge in [0.15, 0.2) is 0 Å². The fourth-order valence-electron chi connectivity index (χ4n) is 3.12. The number of amides is 1. The highest BCUT2D eigenvalue weighted by Crippen LogP contribution is 2.24. The molecule has 2 aromatic carbocycles. The summed E-state index contributed by atoms with van der Waals surface area (Å²) in [6.45, 7) is 3.95. The largest absolute Gasteiger partial charge is 0.497 e. The van der Waals surface area contributed by atoms with Gasteiger partial charge in [0.05, 0.1) is 31.3 Å². The molecule has 0 radical (unpaired) electrons. The molecule has 1 amide bonds. The van der Waals surface area contributed by atoms with Gasteiger partial charge >= 0.3 is 0 Å². The zero-order chi connectivity index (χ0) is 20.1. The molecule has 0 spiro atoms. The van der Waals surface area contributed by atoms with Crippen LogP contribution in [-0.2, 0) is 11.2 Å². The summed E-state index contributed by atoms with van der Waals surface area (Å²) in [6, 6.07) is 15.3. The second kappa shape index (κ2) is 8.61. The summed E-state index contributed by atoms with van der Waals surface area (Å²) < 4.78 is 12.4. The van der Waals surface area contributed by atoms with Crippen LogP contribution in [0.5, 0.6) is 11.5 Å². The fraction of sp³-hybridized carbons (Fsp3) is 0.273. The Morgan fingerprint density at radius 1 is 1.04 bits per heavy atom. The molecule has 0 fully saturated rings. The van der Waals surface area contributed by atoms with Gasteiger partial charge in [-0.1, -0.05) is 12.1 Å². The van der Waals surface area contributed by atoms with Gasteiger partial charge in [-0.25, -0.2) is 4.68 Å². The lowest BCUT2D eigenvalue weighted by Gasteiger charge is -2.13. The minimum atomic E-state index is -0.0595. The van der Waals surface area contributed by atoms with E-state index in [0.29, 0.717) is 24.3 Å². The van der Waals surface area contributed by atoms with Gasteiger partial charge in [0.2, 0.25) is 5.91 Å². The number of ether oxygens (including phenoxy) is 2. The third kappa shape index (κ3) is 4.52. The number of hydrogen-bond donors (Lipinski definition) is 1. The van der Waals surface area contributed by atoms with Crippen molar-refractivity contribution in [2.45, 2.75) is 26.7 Å². The number of carbonyl (C=O) groups is 1. The number of hydrogen-bond acceptors (Lipinski definition) is 4.